The minimum absolute atomic E-state index is 0.0464. The molecular weight excluding hydrogens is 409 g/mol. The number of carboxylic acid groups (broad SMARTS) is 1. The van der Waals surface area contributed by atoms with Crippen molar-refractivity contribution in [2.45, 2.75) is 32.4 Å². The first-order valence-electron chi connectivity index (χ1n) is 9.34. The number of hydrogen-bond donors (Lipinski definition) is 3. The van der Waals surface area contributed by atoms with Crippen LogP contribution in [0.1, 0.15) is 17.5 Å². The van der Waals surface area contributed by atoms with E-state index in [1.54, 1.807) is 6.07 Å². The number of anilines is 1. The summed E-state index contributed by atoms with van der Waals surface area (Å²) in [6.07, 6.45) is 0.568. The van der Waals surface area contributed by atoms with Gasteiger partial charge in [0, 0.05) is 6.20 Å². The molecule has 0 aliphatic rings. The molecule has 2 aromatic rings. The minimum Gasteiger partial charge on any atom is -0.481 e. The van der Waals surface area contributed by atoms with Crippen molar-refractivity contribution in [1.82, 2.24) is 9.88 Å². The van der Waals surface area contributed by atoms with Gasteiger partial charge in [0.25, 0.3) is 5.56 Å². The molecule has 1 heterocycles. The van der Waals surface area contributed by atoms with Crippen molar-refractivity contribution < 1.29 is 28.7 Å². The number of nitrogens with one attached hydrogen (secondary N) is 2. The van der Waals surface area contributed by atoms with Crippen LogP contribution in [-0.4, -0.2) is 46.0 Å². The molecule has 0 aliphatic carbocycles. The van der Waals surface area contributed by atoms with E-state index in [1.807, 2.05) is 25.1 Å². The molecule has 2 rings (SSSR count). The summed E-state index contributed by atoms with van der Waals surface area (Å²) in [5, 5.41) is 13.4. The topological polar surface area (TPSA) is 135 Å². The van der Waals surface area contributed by atoms with Crippen molar-refractivity contribution >= 4 is 29.3 Å². The standard InChI is InChI=1S/C21H22FN3O6/c1-13-4-2-5-14(8-13)9-18(27)23-15-6-3-7-25(21(15)31)12-19(28)24-16(10-20(29)30)17(26)11-22/h2-8,16H,9-12H2,1H3,(H,23,27)(H,24,28)(H,29,30). The zero-order valence-corrected chi connectivity index (χ0v) is 16.8. The van der Waals surface area contributed by atoms with E-state index in [-0.39, 0.29) is 12.1 Å². The Morgan fingerprint density at radius 1 is 1.13 bits per heavy atom. The number of aryl methyl sites for hydroxylation is 1. The predicted octanol–water partition coefficient (Wildman–Crippen LogP) is 0.836. The average molecular weight is 431 g/mol. The summed E-state index contributed by atoms with van der Waals surface area (Å²) in [5.41, 5.74) is 1.05. The van der Waals surface area contributed by atoms with Gasteiger partial charge in [0.05, 0.1) is 12.8 Å². The van der Waals surface area contributed by atoms with Crippen molar-refractivity contribution in [3.05, 3.63) is 64.1 Å². The Morgan fingerprint density at radius 2 is 1.87 bits per heavy atom. The molecule has 2 amide bonds. The van der Waals surface area contributed by atoms with Gasteiger partial charge in [-0.3, -0.25) is 24.0 Å². The predicted molar refractivity (Wildman–Crippen MR) is 109 cm³/mol. The monoisotopic (exact) mass is 431 g/mol. The van der Waals surface area contributed by atoms with Crippen LogP contribution < -0.4 is 16.2 Å². The third kappa shape index (κ3) is 7.18. The smallest absolute Gasteiger partial charge is 0.305 e. The number of aromatic nitrogens is 1. The summed E-state index contributed by atoms with van der Waals surface area (Å²) in [4.78, 5) is 59.3. The number of nitrogens with zero attached hydrogens (tertiary/aromatic N) is 1. The van der Waals surface area contributed by atoms with Crippen molar-refractivity contribution in [3.63, 3.8) is 0 Å². The molecule has 9 nitrogen and oxygen atoms in total. The highest BCUT2D eigenvalue weighted by Crippen LogP contribution is 2.07. The SMILES string of the molecule is Cc1cccc(CC(=O)Nc2cccn(CC(=O)NC(CC(=O)O)C(=O)CF)c2=O)c1. The van der Waals surface area contributed by atoms with E-state index in [4.69, 9.17) is 5.11 Å². The quantitative estimate of drug-likeness (QED) is 0.510. The number of carbonyl (C=O) groups excluding carboxylic acids is 3. The van der Waals surface area contributed by atoms with Crippen LogP contribution in [-0.2, 0) is 32.1 Å². The lowest BCUT2D eigenvalue weighted by molar-refractivity contribution is -0.140. The van der Waals surface area contributed by atoms with E-state index in [0.717, 1.165) is 15.7 Å². The van der Waals surface area contributed by atoms with Gasteiger partial charge in [0.15, 0.2) is 5.78 Å². The second-order valence-electron chi connectivity index (χ2n) is 6.89. The number of alkyl halides is 1. The number of carboxylic acids is 1. The first-order chi connectivity index (χ1) is 14.7. The van der Waals surface area contributed by atoms with Crippen molar-refractivity contribution in [3.8, 4) is 0 Å². The number of pyridine rings is 1. The van der Waals surface area contributed by atoms with E-state index in [0.29, 0.717) is 0 Å². The Kier molecular flexibility index (Phi) is 8.18. The average Bonchev–Trinajstić information content (AvgIpc) is 2.69. The molecular formula is C21H22FN3O6. The highest BCUT2D eigenvalue weighted by atomic mass is 19.1. The second kappa shape index (κ2) is 10.8. The summed E-state index contributed by atoms with van der Waals surface area (Å²) < 4.78 is 13.6. The number of hydrogen-bond acceptors (Lipinski definition) is 5. The maximum atomic E-state index is 12.6. The third-order valence-electron chi connectivity index (χ3n) is 4.29. The lowest BCUT2D eigenvalue weighted by atomic mass is 10.1. The molecule has 164 valence electrons. The van der Waals surface area contributed by atoms with Crippen molar-refractivity contribution in [1.29, 1.82) is 0 Å². The number of carbonyl (C=O) groups is 4. The van der Waals surface area contributed by atoms with Gasteiger partial charge in [-0.25, -0.2) is 4.39 Å². The molecule has 0 spiro atoms. The number of amides is 2. The Bertz CT molecular complexity index is 1050. The molecule has 0 fully saturated rings. The van der Waals surface area contributed by atoms with Crippen LogP contribution in [0.2, 0.25) is 0 Å². The van der Waals surface area contributed by atoms with Crippen LogP contribution in [0.5, 0.6) is 0 Å². The summed E-state index contributed by atoms with van der Waals surface area (Å²) in [6, 6.07) is 8.62. The minimum atomic E-state index is -1.54. The summed E-state index contributed by atoms with van der Waals surface area (Å²) in [7, 11) is 0. The molecule has 1 atom stereocenters. The number of aliphatic carboxylic acids is 1. The zero-order chi connectivity index (χ0) is 23.0. The van der Waals surface area contributed by atoms with Crippen LogP contribution in [0, 0.1) is 6.92 Å². The fourth-order valence-corrected chi connectivity index (χ4v) is 2.87. The second-order valence-corrected chi connectivity index (χ2v) is 6.89. The van der Waals surface area contributed by atoms with Gasteiger partial charge in [-0.15, -0.1) is 0 Å². The van der Waals surface area contributed by atoms with Gasteiger partial charge in [0.2, 0.25) is 11.8 Å². The van der Waals surface area contributed by atoms with Crippen LogP contribution in [0.25, 0.3) is 0 Å². The highest BCUT2D eigenvalue weighted by molar-refractivity contribution is 5.93. The molecule has 1 aromatic carbocycles. The number of halogens is 1. The van der Waals surface area contributed by atoms with E-state index in [1.165, 1.54) is 18.3 Å². The largest absolute Gasteiger partial charge is 0.481 e. The van der Waals surface area contributed by atoms with E-state index >= 15 is 0 Å². The Morgan fingerprint density at radius 3 is 2.52 bits per heavy atom. The van der Waals surface area contributed by atoms with Crippen LogP contribution in [0.15, 0.2) is 47.4 Å². The lowest BCUT2D eigenvalue weighted by Crippen LogP contribution is -2.45. The molecule has 0 bridgehead atoms. The molecule has 1 unspecified atom stereocenters. The van der Waals surface area contributed by atoms with Gasteiger partial charge in [-0.1, -0.05) is 29.8 Å². The van der Waals surface area contributed by atoms with E-state index < -0.39 is 54.8 Å². The molecule has 0 saturated carbocycles. The number of benzene rings is 1. The summed E-state index contributed by atoms with van der Waals surface area (Å²) >= 11 is 0. The molecule has 1 aromatic heterocycles. The first kappa shape index (κ1) is 23.5. The van der Waals surface area contributed by atoms with Crippen LogP contribution >= 0.6 is 0 Å². The molecule has 10 heteroatoms. The number of ketones is 1. The van der Waals surface area contributed by atoms with Crippen molar-refractivity contribution in [2.24, 2.45) is 0 Å². The fourth-order valence-electron chi connectivity index (χ4n) is 2.87. The molecule has 0 radical (unpaired) electrons. The maximum Gasteiger partial charge on any atom is 0.305 e. The van der Waals surface area contributed by atoms with Crippen LogP contribution in [0.3, 0.4) is 0 Å². The summed E-state index contributed by atoms with van der Waals surface area (Å²) in [5.74, 6) is -3.74. The third-order valence-corrected chi connectivity index (χ3v) is 4.29. The fraction of sp³-hybridized carbons (Fsp3) is 0.286. The highest BCUT2D eigenvalue weighted by Gasteiger charge is 2.23. The van der Waals surface area contributed by atoms with Gasteiger partial charge >= 0.3 is 5.97 Å². The molecule has 0 saturated heterocycles. The summed E-state index contributed by atoms with van der Waals surface area (Å²) in [6.45, 7) is -0.0821. The zero-order valence-electron chi connectivity index (χ0n) is 16.8. The Labute approximate surface area is 176 Å². The lowest BCUT2D eigenvalue weighted by Gasteiger charge is -2.15. The van der Waals surface area contributed by atoms with Gasteiger partial charge < -0.3 is 20.3 Å². The van der Waals surface area contributed by atoms with E-state index in [2.05, 4.69) is 10.6 Å². The van der Waals surface area contributed by atoms with Gasteiger partial charge in [0.1, 0.15) is 24.9 Å². The number of Topliss-reactive ketones (excluding diaryl/α,β-unsaturated/α-hetero) is 1. The maximum absolute atomic E-state index is 12.6. The van der Waals surface area contributed by atoms with Gasteiger partial charge in [-0.05, 0) is 24.6 Å². The molecule has 31 heavy (non-hydrogen) atoms. The first-order valence-corrected chi connectivity index (χ1v) is 9.34. The Hall–Kier alpha value is -3.82. The molecule has 0 aliphatic heterocycles. The van der Waals surface area contributed by atoms with Gasteiger partial charge in [-0.2, -0.15) is 0 Å². The molecule has 3 N–H and O–H groups in total. The normalized spacial score (nSPS) is 11.4. The Balaban J connectivity index is 2.06. The van der Waals surface area contributed by atoms with Crippen LogP contribution in [0.4, 0.5) is 10.1 Å². The van der Waals surface area contributed by atoms with Crippen molar-refractivity contribution in [2.75, 3.05) is 12.0 Å². The van der Waals surface area contributed by atoms with E-state index in [9.17, 15) is 28.4 Å². The number of rotatable bonds is 10.